The molecule has 1 heterocycles. The lowest BCUT2D eigenvalue weighted by Gasteiger charge is -2.35. The van der Waals surface area contributed by atoms with E-state index in [0.717, 1.165) is 51.2 Å². The molecule has 1 saturated heterocycles. The van der Waals surface area contributed by atoms with Crippen LogP contribution < -0.4 is 5.73 Å². The van der Waals surface area contributed by atoms with E-state index in [1.165, 1.54) is 32.1 Å². The second-order valence-electron chi connectivity index (χ2n) is 6.40. The van der Waals surface area contributed by atoms with Gasteiger partial charge in [-0.2, -0.15) is 0 Å². The van der Waals surface area contributed by atoms with E-state index in [9.17, 15) is 5.11 Å². The molecule has 0 unspecified atom stereocenters. The van der Waals surface area contributed by atoms with Gasteiger partial charge in [-0.3, -0.25) is 0 Å². The van der Waals surface area contributed by atoms with Gasteiger partial charge < -0.3 is 15.6 Å². The zero-order valence-electron chi connectivity index (χ0n) is 11.6. The highest BCUT2D eigenvalue weighted by Gasteiger charge is 2.30. The summed E-state index contributed by atoms with van der Waals surface area (Å²) in [7, 11) is 0. The minimum atomic E-state index is -0.0936. The minimum Gasteiger partial charge on any atom is -0.393 e. The van der Waals surface area contributed by atoms with Crippen molar-refractivity contribution >= 4 is 0 Å². The number of ether oxygens (including phenoxy) is 1. The van der Waals surface area contributed by atoms with Crippen molar-refractivity contribution in [1.82, 2.24) is 0 Å². The molecule has 0 atom stereocenters. The summed E-state index contributed by atoms with van der Waals surface area (Å²) in [4.78, 5) is 0. The van der Waals surface area contributed by atoms with Crippen molar-refractivity contribution < 1.29 is 9.84 Å². The van der Waals surface area contributed by atoms with E-state index in [-0.39, 0.29) is 11.6 Å². The molecule has 1 aliphatic heterocycles. The van der Waals surface area contributed by atoms with Gasteiger partial charge in [0.25, 0.3) is 0 Å². The molecule has 0 aromatic rings. The van der Waals surface area contributed by atoms with Crippen LogP contribution in [0.5, 0.6) is 0 Å². The van der Waals surface area contributed by atoms with Gasteiger partial charge in [-0.25, -0.2) is 0 Å². The van der Waals surface area contributed by atoms with Crippen LogP contribution in [-0.4, -0.2) is 30.0 Å². The van der Waals surface area contributed by atoms with Crippen LogP contribution in [0.4, 0.5) is 0 Å². The Morgan fingerprint density at radius 2 is 1.72 bits per heavy atom. The van der Waals surface area contributed by atoms with Gasteiger partial charge in [0, 0.05) is 18.8 Å². The van der Waals surface area contributed by atoms with Crippen molar-refractivity contribution in [3.63, 3.8) is 0 Å². The summed E-state index contributed by atoms with van der Waals surface area (Å²) in [6, 6.07) is 0. The SMILES string of the molecule is NC1(CCCCC2CCOCC2)CCC(O)CC1. The third-order valence-corrected chi connectivity index (χ3v) is 4.83. The average Bonchev–Trinajstić information content (AvgIpc) is 2.40. The van der Waals surface area contributed by atoms with Crippen molar-refractivity contribution in [2.75, 3.05) is 13.2 Å². The molecular weight excluding hydrogens is 226 g/mol. The zero-order chi connectivity index (χ0) is 12.8. The first-order valence-electron chi connectivity index (χ1n) is 7.73. The van der Waals surface area contributed by atoms with Crippen LogP contribution in [0.25, 0.3) is 0 Å². The molecule has 3 heteroatoms. The van der Waals surface area contributed by atoms with Crippen molar-refractivity contribution in [3.8, 4) is 0 Å². The number of hydrogen-bond donors (Lipinski definition) is 2. The van der Waals surface area contributed by atoms with Gasteiger partial charge >= 0.3 is 0 Å². The average molecular weight is 255 g/mol. The number of aliphatic hydroxyl groups excluding tert-OH is 1. The molecule has 18 heavy (non-hydrogen) atoms. The van der Waals surface area contributed by atoms with Gasteiger partial charge in [0.1, 0.15) is 0 Å². The maximum atomic E-state index is 9.52. The van der Waals surface area contributed by atoms with Crippen LogP contribution in [0.15, 0.2) is 0 Å². The van der Waals surface area contributed by atoms with Gasteiger partial charge in [0.2, 0.25) is 0 Å². The minimum absolute atomic E-state index is 0.0227. The predicted octanol–water partition coefficient (Wildman–Crippen LogP) is 2.61. The second kappa shape index (κ2) is 6.88. The largest absolute Gasteiger partial charge is 0.393 e. The van der Waals surface area contributed by atoms with Crippen molar-refractivity contribution in [1.29, 1.82) is 0 Å². The van der Waals surface area contributed by atoms with Gasteiger partial charge in [0.15, 0.2) is 0 Å². The molecule has 1 aliphatic carbocycles. The number of nitrogens with two attached hydrogens (primary N) is 1. The molecule has 1 saturated carbocycles. The third kappa shape index (κ3) is 4.52. The monoisotopic (exact) mass is 255 g/mol. The van der Waals surface area contributed by atoms with Crippen LogP contribution in [-0.2, 0) is 4.74 Å². The van der Waals surface area contributed by atoms with Crippen LogP contribution >= 0.6 is 0 Å². The van der Waals surface area contributed by atoms with E-state index < -0.39 is 0 Å². The molecule has 2 rings (SSSR count). The number of unbranched alkanes of at least 4 members (excludes halogenated alkanes) is 1. The molecule has 0 radical (unpaired) electrons. The summed E-state index contributed by atoms with van der Waals surface area (Å²) in [5.41, 5.74) is 6.43. The lowest BCUT2D eigenvalue weighted by atomic mass is 9.77. The topological polar surface area (TPSA) is 55.5 Å². The Balaban J connectivity index is 1.57. The fourth-order valence-corrected chi connectivity index (χ4v) is 3.37. The van der Waals surface area contributed by atoms with Crippen LogP contribution in [0.2, 0.25) is 0 Å². The Morgan fingerprint density at radius 3 is 2.39 bits per heavy atom. The number of hydrogen-bond acceptors (Lipinski definition) is 3. The Labute approximate surface area is 111 Å². The van der Waals surface area contributed by atoms with E-state index in [1.54, 1.807) is 0 Å². The summed E-state index contributed by atoms with van der Waals surface area (Å²) < 4.78 is 5.38. The standard InChI is InChI=1S/C15H29NO2/c16-15(9-4-14(17)5-10-15)8-2-1-3-13-6-11-18-12-7-13/h13-14,17H,1-12,16H2. The molecule has 0 aromatic heterocycles. The normalized spacial score (nSPS) is 34.7. The van der Waals surface area contributed by atoms with Crippen LogP contribution in [0, 0.1) is 5.92 Å². The molecule has 0 aromatic carbocycles. The van der Waals surface area contributed by atoms with E-state index >= 15 is 0 Å². The van der Waals surface area contributed by atoms with Crippen molar-refractivity contribution in [3.05, 3.63) is 0 Å². The number of aliphatic hydroxyl groups is 1. The highest BCUT2D eigenvalue weighted by molar-refractivity contribution is 4.89. The maximum absolute atomic E-state index is 9.52. The van der Waals surface area contributed by atoms with Gasteiger partial charge in [-0.15, -0.1) is 0 Å². The molecule has 0 amide bonds. The summed E-state index contributed by atoms with van der Waals surface area (Å²) in [6.07, 6.45) is 11.3. The highest BCUT2D eigenvalue weighted by Crippen LogP contribution is 2.31. The zero-order valence-corrected chi connectivity index (χ0v) is 11.6. The molecule has 0 spiro atoms. The van der Waals surface area contributed by atoms with E-state index in [1.807, 2.05) is 0 Å². The lowest BCUT2D eigenvalue weighted by Crippen LogP contribution is -2.44. The highest BCUT2D eigenvalue weighted by atomic mass is 16.5. The van der Waals surface area contributed by atoms with Gasteiger partial charge in [-0.05, 0) is 50.9 Å². The quantitative estimate of drug-likeness (QED) is 0.742. The third-order valence-electron chi connectivity index (χ3n) is 4.83. The Bertz CT molecular complexity index is 231. The molecular formula is C15H29NO2. The molecule has 0 bridgehead atoms. The van der Waals surface area contributed by atoms with E-state index in [0.29, 0.717) is 0 Å². The van der Waals surface area contributed by atoms with Crippen molar-refractivity contribution in [2.45, 2.75) is 75.9 Å². The van der Waals surface area contributed by atoms with Gasteiger partial charge in [0.05, 0.1) is 6.10 Å². The van der Waals surface area contributed by atoms with Crippen LogP contribution in [0.1, 0.15) is 64.2 Å². The first-order valence-corrected chi connectivity index (χ1v) is 7.73. The first-order chi connectivity index (χ1) is 8.68. The number of rotatable bonds is 5. The smallest absolute Gasteiger partial charge is 0.0541 e. The molecule has 3 N–H and O–H groups in total. The summed E-state index contributed by atoms with van der Waals surface area (Å²) in [6.45, 7) is 1.92. The lowest BCUT2D eigenvalue weighted by molar-refractivity contribution is 0.0624. The maximum Gasteiger partial charge on any atom is 0.0541 e. The molecule has 106 valence electrons. The van der Waals surface area contributed by atoms with Crippen molar-refractivity contribution in [2.24, 2.45) is 11.7 Å². The fourth-order valence-electron chi connectivity index (χ4n) is 3.37. The molecule has 2 aliphatic rings. The van der Waals surface area contributed by atoms with E-state index in [4.69, 9.17) is 10.5 Å². The van der Waals surface area contributed by atoms with E-state index in [2.05, 4.69) is 0 Å². The molecule has 3 nitrogen and oxygen atoms in total. The summed E-state index contributed by atoms with van der Waals surface area (Å²) >= 11 is 0. The fraction of sp³-hybridized carbons (Fsp3) is 1.00. The Hall–Kier alpha value is -0.120. The Kier molecular flexibility index (Phi) is 5.46. The summed E-state index contributed by atoms with van der Waals surface area (Å²) in [5, 5.41) is 9.52. The molecule has 2 fully saturated rings. The van der Waals surface area contributed by atoms with Crippen LogP contribution in [0.3, 0.4) is 0 Å². The summed E-state index contributed by atoms with van der Waals surface area (Å²) in [5.74, 6) is 0.889. The van der Waals surface area contributed by atoms with Gasteiger partial charge in [-0.1, -0.05) is 19.3 Å². The predicted molar refractivity (Wildman–Crippen MR) is 73.4 cm³/mol. The Morgan fingerprint density at radius 1 is 1.06 bits per heavy atom. The first kappa shape index (κ1) is 14.3. The second-order valence-corrected chi connectivity index (χ2v) is 6.40.